The number of nitrogens with zero attached hydrogens (tertiary/aromatic N) is 1. The van der Waals surface area contributed by atoms with Gasteiger partial charge < -0.3 is 19.7 Å². The highest BCUT2D eigenvalue weighted by Gasteiger charge is 2.31. The summed E-state index contributed by atoms with van der Waals surface area (Å²) >= 11 is 0. The van der Waals surface area contributed by atoms with E-state index >= 15 is 0 Å². The molecular weight excluding hydrogens is 256 g/mol. The molecule has 1 atom stereocenters. The second-order valence-corrected chi connectivity index (χ2v) is 4.79. The van der Waals surface area contributed by atoms with Crippen molar-refractivity contribution in [3.05, 3.63) is 23.8 Å². The van der Waals surface area contributed by atoms with E-state index < -0.39 is 0 Å². The first-order chi connectivity index (χ1) is 9.71. The number of carbonyl (C=O) groups excluding carboxylic acids is 1. The van der Waals surface area contributed by atoms with Gasteiger partial charge in [0.2, 0.25) is 0 Å². The van der Waals surface area contributed by atoms with E-state index in [9.17, 15) is 4.79 Å². The molecule has 0 spiro atoms. The fourth-order valence-corrected chi connectivity index (χ4v) is 2.68. The van der Waals surface area contributed by atoms with Gasteiger partial charge in [0.25, 0.3) is 0 Å². The molecule has 5 heteroatoms. The third-order valence-corrected chi connectivity index (χ3v) is 3.64. The average molecular weight is 278 g/mol. The minimum absolute atomic E-state index is 0.00660. The van der Waals surface area contributed by atoms with E-state index in [1.165, 1.54) is 0 Å². The summed E-state index contributed by atoms with van der Waals surface area (Å²) < 4.78 is 10.7. The fraction of sp³-hybridized carbons (Fsp3) is 0.533. The summed E-state index contributed by atoms with van der Waals surface area (Å²) in [6, 6.07) is 5.82. The fourth-order valence-electron chi connectivity index (χ4n) is 2.68. The number of hydrogen-bond acceptors (Lipinski definition) is 3. The Bertz CT molecular complexity index is 476. The molecule has 1 unspecified atom stereocenters. The third kappa shape index (κ3) is 2.81. The number of ether oxygens (including phenoxy) is 2. The Kier molecular flexibility index (Phi) is 4.71. The first-order valence-electron chi connectivity index (χ1n) is 6.97. The van der Waals surface area contributed by atoms with Gasteiger partial charge in [-0.2, -0.15) is 0 Å². The van der Waals surface area contributed by atoms with Crippen molar-refractivity contribution in [2.45, 2.75) is 25.8 Å². The number of nitrogens with one attached hydrogen (secondary N) is 1. The largest absolute Gasteiger partial charge is 0.497 e. The third-order valence-electron chi connectivity index (χ3n) is 3.64. The molecule has 1 fully saturated rings. The summed E-state index contributed by atoms with van der Waals surface area (Å²) in [5, 5.41) is 2.87. The van der Waals surface area contributed by atoms with Crippen LogP contribution in [-0.4, -0.2) is 38.2 Å². The van der Waals surface area contributed by atoms with Gasteiger partial charge >= 0.3 is 6.03 Å². The van der Waals surface area contributed by atoms with E-state index in [0.717, 1.165) is 36.4 Å². The van der Waals surface area contributed by atoms with Gasteiger partial charge in [0, 0.05) is 24.7 Å². The molecule has 5 nitrogen and oxygen atoms in total. The molecule has 1 aromatic carbocycles. The molecule has 1 aliphatic heterocycles. The molecule has 1 N–H and O–H groups in total. The maximum Gasteiger partial charge on any atom is 0.317 e. The van der Waals surface area contributed by atoms with Crippen LogP contribution < -0.4 is 14.8 Å². The van der Waals surface area contributed by atoms with Crippen molar-refractivity contribution in [2.75, 3.05) is 27.3 Å². The zero-order valence-corrected chi connectivity index (χ0v) is 12.3. The van der Waals surface area contributed by atoms with Crippen molar-refractivity contribution in [2.24, 2.45) is 0 Å². The van der Waals surface area contributed by atoms with Crippen molar-refractivity contribution in [3.63, 3.8) is 0 Å². The van der Waals surface area contributed by atoms with E-state index in [1.807, 2.05) is 30.0 Å². The van der Waals surface area contributed by atoms with Crippen molar-refractivity contribution in [3.8, 4) is 11.5 Å². The van der Waals surface area contributed by atoms with Crippen LogP contribution in [0.2, 0.25) is 0 Å². The predicted octanol–water partition coefficient (Wildman–Crippen LogP) is 2.57. The number of rotatable bonds is 4. The van der Waals surface area contributed by atoms with Crippen LogP contribution in [-0.2, 0) is 0 Å². The van der Waals surface area contributed by atoms with Gasteiger partial charge in [0.15, 0.2) is 0 Å². The minimum Gasteiger partial charge on any atom is -0.497 e. The summed E-state index contributed by atoms with van der Waals surface area (Å²) in [5.41, 5.74) is 1.04. The summed E-state index contributed by atoms with van der Waals surface area (Å²) in [5.74, 6) is 1.53. The lowest BCUT2D eigenvalue weighted by molar-refractivity contribution is 0.192. The van der Waals surface area contributed by atoms with Gasteiger partial charge in [0.1, 0.15) is 11.5 Å². The number of hydrogen-bond donors (Lipinski definition) is 1. The van der Waals surface area contributed by atoms with Gasteiger partial charge in [-0.05, 0) is 31.9 Å². The number of benzene rings is 1. The van der Waals surface area contributed by atoms with Crippen LogP contribution in [0.25, 0.3) is 0 Å². The Hall–Kier alpha value is -1.91. The molecule has 1 aliphatic rings. The molecule has 110 valence electrons. The zero-order valence-electron chi connectivity index (χ0n) is 12.3. The summed E-state index contributed by atoms with van der Waals surface area (Å²) in [6.07, 6.45) is 1.97. The molecule has 0 bridgehead atoms. The van der Waals surface area contributed by atoms with Crippen LogP contribution in [0.4, 0.5) is 4.79 Å². The smallest absolute Gasteiger partial charge is 0.317 e. The second-order valence-electron chi connectivity index (χ2n) is 4.79. The van der Waals surface area contributed by atoms with Gasteiger partial charge in [0.05, 0.1) is 20.3 Å². The SMILES string of the molecule is CCNC(=O)N1CCCC1c1ccc(OC)cc1OC. The average Bonchev–Trinajstić information content (AvgIpc) is 2.96. The molecular formula is C15H22N2O3. The Labute approximate surface area is 119 Å². The Balaban J connectivity index is 2.27. The number of amides is 2. The van der Waals surface area contributed by atoms with Crippen LogP contribution in [0.5, 0.6) is 11.5 Å². The monoisotopic (exact) mass is 278 g/mol. The Morgan fingerprint density at radius 2 is 2.20 bits per heavy atom. The molecule has 1 saturated heterocycles. The summed E-state index contributed by atoms with van der Waals surface area (Å²) in [4.78, 5) is 14.0. The highest BCUT2D eigenvalue weighted by Crippen LogP contribution is 2.38. The lowest BCUT2D eigenvalue weighted by Gasteiger charge is -2.26. The predicted molar refractivity (Wildman–Crippen MR) is 77.3 cm³/mol. The van der Waals surface area contributed by atoms with E-state index in [-0.39, 0.29) is 12.1 Å². The van der Waals surface area contributed by atoms with Crippen LogP contribution in [0.15, 0.2) is 18.2 Å². The lowest BCUT2D eigenvalue weighted by atomic mass is 10.0. The number of likely N-dealkylation sites (tertiary alicyclic amines) is 1. The molecule has 0 aromatic heterocycles. The highest BCUT2D eigenvalue weighted by molar-refractivity contribution is 5.75. The van der Waals surface area contributed by atoms with E-state index in [1.54, 1.807) is 14.2 Å². The molecule has 20 heavy (non-hydrogen) atoms. The van der Waals surface area contributed by atoms with Gasteiger partial charge in [-0.15, -0.1) is 0 Å². The van der Waals surface area contributed by atoms with Crippen molar-refractivity contribution in [1.82, 2.24) is 10.2 Å². The van der Waals surface area contributed by atoms with Gasteiger partial charge in [-0.3, -0.25) is 0 Å². The topological polar surface area (TPSA) is 50.8 Å². The molecule has 1 heterocycles. The van der Waals surface area contributed by atoms with Crippen LogP contribution in [0, 0.1) is 0 Å². The molecule has 2 amide bonds. The second kappa shape index (κ2) is 6.50. The molecule has 0 aliphatic carbocycles. The summed E-state index contributed by atoms with van der Waals surface area (Å²) in [7, 11) is 3.27. The van der Waals surface area contributed by atoms with Crippen molar-refractivity contribution in [1.29, 1.82) is 0 Å². The number of methoxy groups -OCH3 is 2. The van der Waals surface area contributed by atoms with Crippen LogP contribution >= 0.6 is 0 Å². The Morgan fingerprint density at radius 1 is 1.40 bits per heavy atom. The van der Waals surface area contributed by atoms with Gasteiger partial charge in [-0.25, -0.2) is 4.79 Å². The van der Waals surface area contributed by atoms with Crippen molar-refractivity contribution >= 4 is 6.03 Å². The minimum atomic E-state index is -0.00660. The van der Waals surface area contributed by atoms with E-state index in [0.29, 0.717) is 6.54 Å². The van der Waals surface area contributed by atoms with Crippen molar-refractivity contribution < 1.29 is 14.3 Å². The van der Waals surface area contributed by atoms with E-state index in [4.69, 9.17) is 9.47 Å². The van der Waals surface area contributed by atoms with Crippen LogP contribution in [0.3, 0.4) is 0 Å². The maximum absolute atomic E-state index is 12.1. The maximum atomic E-state index is 12.1. The first-order valence-corrected chi connectivity index (χ1v) is 6.97. The van der Waals surface area contributed by atoms with E-state index in [2.05, 4.69) is 5.32 Å². The number of carbonyl (C=O) groups is 1. The highest BCUT2D eigenvalue weighted by atomic mass is 16.5. The standard InChI is InChI=1S/C15H22N2O3/c1-4-16-15(18)17-9-5-6-13(17)12-8-7-11(19-2)10-14(12)20-3/h7-8,10,13H,4-6,9H2,1-3H3,(H,16,18). The van der Waals surface area contributed by atoms with Gasteiger partial charge in [-0.1, -0.05) is 0 Å². The zero-order chi connectivity index (χ0) is 14.5. The lowest BCUT2D eigenvalue weighted by Crippen LogP contribution is -2.39. The normalized spacial score (nSPS) is 17.9. The molecule has 0 saturated carbocycles. The molecule has 1 aromatic rings. The van der Waals surface area contributed by atoms with Crippen LogP contribution in [0.1, 0.15) is 31.4 Å². The molecule has 2 rings (SSSR count). The number of urea groups is 1. The quantitative estimate of drug-likeness (QED) is 0.921. The summed E-state index contributed by atoms with van der Waals surface area (Å²) in [6.45, 7) is 3.35. The molecule has 0 radical (unpaired) electrons. The Morgan fingerprint density at radius 3 is 2.85 bits per heavy atom. The first kappa shape index (κ1) is 14.5.